The highest BCUT2D eigenvalue weighted by molar-refractivity contribution is 5.95. The summed E-state index contributed by atoms with van der Waals surface area (Å²) in [6.45, 7) is 0. The molecule has 2 rings (SSSR count). The first-order valence-electron chi connectivity index (χ1n) is 6.61. The first-order valence-corrected chi connectivity index (χ1v) is 6.61. The average molecular weight is 272 g/mol. The number of carbonyl (C=O) groups excluding carboxylic acids is 1. The summed E-state index contributed by atoms with van der Waals surface area (Å²) >= 11 is 0. The summed E-state index contributed by atoms with van der Waals surface area (Å²) in [7, 11) is 0. The van der Waals surface area contributed by atoms with Gasteiger partial charge in [0.05, 0.1) is 24.3 Å². The summed E-state index contributed by atoms with van der Waals surface area (Å²) < 4.78 is 0. The van der Waals surface area contributed by atoms with E-state index in [1.54, 1.807) is 24.3 Å². The van der Waals surface area contributed by atoms with Crippen LogP contribution in [0.3, 0.4) is 0 Å². The second kappa shape index (κ2) is 6.20. The van der Waals surface area contributed by atoms with Crippen molar-refractivity contribution < 1.29 is 14.7 Å². The Labute approximate surface area is 117 Å². The molecule has 0 saturated heterocycles. The zero-order valence-electron chi connectivity index (χ0n) is 11.0. The molecule has 1 aromatic rings. The van der Waals surface area contributed by atoms with E-state index in [1.807, 2.05) is 0 Å². The molecule has 1 aliphatic carbocycles. The zero-order chi connectivity index (χ0) is 14.5. The van der Waals surface area contributed by atoms with Gasteiger partial charge in [-0.25, -0.2) is 0 Å². The van der Waals surface area contributed by atoms with Crippen LogP contribution in [0.5, 0.6) is 0 Å². The number of carbonyl (C=O) groups is 2. The van der Waals surface area contributed by atoms with Gasteiger partial charge in [0, 0.05) is 5.69 Å². The van der Waals surface area contributed by atoms with Gasteiger partial charge in [0.2, 0.25) is 5.91 Å². The molecular weight excluding hydrogens is 256 g/mol. The van der Waals surface area contributed by atoms with E-state index in [4.69, 9.17) is 10.4 Å². The third kappa shape index (κ3) is 3.15. The van der Waals surface area contributed by atoms with Crippen LogP contribution in [0.15, 0.2) is 24.3 Å². The SMILES string of the molecule is N#CCc1ccc(NC(=O)[C@@H]2CCC[C@@H]2C(=O)O)cc1. The Bertz CT molecular complexity index is 545. The fourth-order valence-electron chi connectivity index (χ4n) is 2.60. The Morgan fingerprint density at radius 3 is 2.50 bits per heavy atom. The van der Waals surface area contributed by atoms with Gasteiger partial charge in [-0.05, 0) is 30.5 Å². The van der Waals surface area contributed by atoms with Gasteiger partial charge in [0.1, 0.15) is 0 Å². The number of carboxylic acids is 1. The van der Waals surface area contributed by atoms with Crippen molar-refractivity contribution in [3.63, 3.8) is 0 Å². The molecule has 2 atom stereocenters. The highest BCUT2D eigenvalue weighted by Crippen LogP contribution is 2.32. The summed E-state index contributed by atoms with van der Waals surface area (Å²) in [6.07, 6.45) is 2.29. The second-order valence-corrected chi connectivity index (χ2v) is 5.00. The minimum Gasteiger partial charge on any atom is -0.481 e. The van der Waals surface area contributed by atoms with E-state index in [2.05, 4.69) is 11.4 Å². The monoisotopic (exact) mass is 272 g/mol. The second-order valence-electron chi connectivity index (χ2n) is 5.00. The topological polar surface area (TPSA) is 90.2 Å². The number of nitriles is 1. The van der Waals surface area contributed by atoms with E-state index in [0.717, 1.165) is 12.0 Å². The highest BCUT2D eigenvalue weighted by atomic mass is 16.4. The molecular formula is C15H16N2O3. The maximum atomic E-state index is 12.1. The predicted octanol–water partition coefficient (Wildman–Crippen LogP) is 2.19. The molecule has 0 spiro atoms. The lowest BCUT2D eigenvalue weighted by atomic mass is 9.95. The number of carboxylic acid groups (broad SMARTS) is 1. The van der Waals surface area contributed by atoms with Gasteiger partial charge >= 0.3 is 5.97 Å². The van der Waals surface area contributed by atoms with E-state index in [1.165, 1.54) is 0 Å². The van der Waals surface area contributed by atoms with Gasteiger partial charge in [-0.2, -0.15) is 5.26 Å². The van der Waals surface area contributed by atoms with E-state index >= 15 is 0 Å². The van der Waals surface area contributed by atoms with Crippen molar-refractivity contribution in [3.8, 4) is 6.07 Å². The maximum absolute atomic E-state index is 12.1. The van der Waals surface area contributed by atoms with Gasteiger partial charge in [0.15, 0.2) is 0 Å². The van der Waals surface area contributed by atoms with Crippen molar-refractivity contribution in [2.75, 3.05) is 5.32 Å². The van der Waals surface area contributed by atoms with Gasteiger partial charge in [-0.15, -0.1) is 0 Å². The lowest BCUT2D eigenvalue weighted by Crippen LogP contribution is -2.29. The zero-order valence-corrected chi connectivity index (χ0v) is 11.0. The number of rotatable bonds is 4. The molecule has 0 heterocycles. The minimum absolute atomic E-state index is 0.233. The molecule has 5 nitrogen and oxygen atoms in total. The van der Waals surface area contributed by atoms with Crippen LogP contribution in [0.4, 0.5) is 5.69 Å². The molecule has 0 radical (unpaired) electrons. The first kappa shape index (κ1) is 14.1. The molecule has 0 bridgehead atoms. The van der Waals surface area contributed by atoms with E-state index in [-0.39, 0.29) is 5.91 Å². The molecule has 20 heavy (non-hydrogen) atoms. The summed E-state index contributed by atoms with van der Waals surface area (Å²) in [5.41, 5.74) is 1.52. The quantitative estimate of drug-likeness (QED) is 0.879. The Hall–Kier alpha value is -2.35. The van der Waals surface area contributed by atoms with Crippen molar-refractivity contribution in [1.82, 2.24) is 0 Å². The van der Waals surface area contributed by atoms with Crippen molar-refractivity contribution in [3.05, 3.63) is 29.8 Å². The molecule has 0 aromatic heterocycles. The summed E-state index contributed by atoms with van der Waals surface area (Å²) in [5.74, 6) is -2.16. The number of nitrogens with zero attached hydrogens (tertiary/aromatic N) is 1. The van der Waals surface area contributed by atoms with Crippen molar-refractivity contribution in [2.24, 2.45) is 11.8 Å². The first-order chi connectivity index (χ1) is 9.61. The fraction of sp³-hybridized carbons (Fsp3) is 0.400. The van der Waals surface area contributed by atoms with Gasteiger partial charge in [0.25, 0.3) is 0 Å². The lowest BCUT2D eigenvalue weighted by molar-refractivity contribution is -0.145. The third-order valence-electron chi connectivity index (χ3n) is 3.67. The number of amides is 1. The average Bonchev–Trinajstić information content (AvgIpc) is 2.91. The van der Waals surface area contributed by atoms with E-state index < -0.39 is 17.8 Å². The van der Waals surface area contributed by atoms with Crippen molar-refractivity contribution in [1.29, 1.82) is 5.26 Å². The maximum Gasteiger partial charge on any atom is 0.307 e. The summed E-state index contributed by atoms with van der Waals surface area (Å²) in [5, 5.41) is 20.4. The molecule has 0 unspecified atom stereocenters. The van der Waals surface area contributed by atoms with Crippen LogP contribution >= 0.6 is 0 Å². The predicted molar refractivity (Wildman–Crippen MR) is 72.9 cm³/mol. The minimum atomic E-state index is -0.896. The van der Waals surface area contributed by atoms with Crippen LogP contribution in [0.25, 0.3) is 0 Å². The largest absolute Gasteiger partial charge is 0.481 e. The fourth-order valence-corrected chi connectivity index (χ4v) is 2.60. The van der Waals surface area contributed by atoms with Crippen LogP contribution in [-0.4, -0.2) is 17.0 Å². The van der Waals surface area contributed by atoms with Crippen LogP contribution < -0.4 is 5.32 Å². The van der Waals surface area contributed by atoms with Crippen LogP contribution in [-0.2, 0) is 16.0 Å². The number of anilines is 1. The van der Waals surface area contributed by atoms with Crippen LogP contribution in [0.2, 0.25) is 0 Å². The van der Waals surface area contributed by atoms with Crippen LogP contribution in [0, 0.1) is 23.2 Å². The number of nitrogens with one attached hydrogen (secondary N) is 1. The van der Waals surface area contributed by atoms with E-state index in [0.29, 0.717) is 24.9 Å². The Balaban J connectivity index is 2.00. The van der Waals surface area contributed by atoms with Crippen molar-refractivity contribution in [2.45, 2.75) is 25.7 Å². The molecule has 5 heteroatoms. The van der Waals surface area contributed by atoms with Crippen LogP contribution in [0.1, 0.15) is 24.8 Å². The molecule has 104 valence electrons. The van der Waals surface area contributed by atoms with Gasteiger partial charge in [-0.1, -0.05) is 18.6 Å². The van der Waals surface area contributed by atoms with Crippen molar-refractivity contribution >= 4 is 17.6 Å². The molecule has 1 fully saturated rings. The Morgan fingerprint density at radius 2 is 1.90 bits per heavy atom. The number of hydrogen-bond acceptors (Lipinski definition) is 3. The molecule has 1 amide bonds. The molecule has 2 N–H and O–H groups in total. The highest BCUT2D eigenvalue weighted by Gasteiger charge is 2.37. The molecule has 1 aromatic carbocycles. The molecule has 0 aliphatic heterocycles. The number of aliphatic carboxylic acids is 1. The molecule has 1 aliphatic rings. The standard InChI is InChI=1S/C15H16N2O3/c16-9-8-10-4-6-11(7-5-10)17-14(18)12-2-1-3-13(12)15(19)20/h4-7,12-13H,1-3,8H2,(H,17,18)(H,19,20)/t12-,13+/m1/s1. The number of benzene rings is 1. The summed E-state index contributed by atoms with van der Waals surface area (Å²) in [4.78, 5) is 23.2. The number of hydrogen-bond donors (Lipinski definition) is 2. The Morgan fingerprint density at radius 1 is 1.25 bits per heavy atom. The summed E-state index contributed by atoms with van der Waals surface area (Å²) in [6, 6.07) is 9.08. The smallest absolute Gasteiger partial charge is 0.307 e. The van der Waals surface area contributed by atoms with E-state index in [9.17, 15) is 9.59 Å². The molecule has 1 saturated carbocycles. The normalized spacial score (nSPS) is 21.1. The third-order valence-corrected chi connectivity index (χ3v) is 3.67. The van der Waals surface area contributed by atoms with Gasteiger partial charge < -0.3 is 10.4 Å². The van der Waals surface area contributed by atoms with Gasteiger partial charge in [-0.3, -0.25) is 9.59 Å². The Kier molecular flexibility index (Phi) is 4.36. The lowest BCUT2D eigenvalue weighted by Gasteiger charge is -2.15.